The van der Waals surface area contributed by atoms with Crippen molar-refractivity contribution in [3.8, 4) is 16.9 Å². The lowest BCUT2D eigenvalue weighted by Crippen LogP contribution is -2.23. The zero-order valence-corrected chi connectivity index (χ0v) is 10.1. The lowest BCUT2D eigenvalue weighted by atomic mass is 9.97. The largest absolute Gasteiger partial charge is 0.489 e. The fourth-order valence-electron chi connectivity index (χ4n) is 2.20. The van der Waals surface area contributed by atoms with Gasteiger partial charge in [0.2, 0.25) is 0 Å². The first-order valence-corrected chi connectivity index (χ1v) is 5.98. The molecule has 0 bridgehead atoms. The first-order chi connectivity index (χ1) is 8.74. The van der Waals surface area contributed by atoms with Gasteiger partial charge in [0, 0.05) is 18.8 Å². The average Bonchev–Trinajstić information content (AvgIpc) is 2.39. The van der Waals surface area contributed by atoms with E-state index in [1.54, 1.807) is 12.4 Å². The normalized spacial score (nSPS) is 18.1. The van der Waals surface area contributed by atoms with Crippen molar-refractivity contribution in [1.82, 2.24) is 4.98 Å². The van der Waals surface area contributed by atoms with Crippen LogP contribution < -0.4 is 4.74 Å². The van der Waals surface area contributed by atoms with Crippen molar-refractivity contribution in [3.63, 3.8) is 0 Å². The number of pyridine rings is 1. The molecule has 3 nitrogen and oxygen atoms in total. The van der Waals surface area contributed by atoms with Gasteiger partial charge in [-0.15, -0.1) is 0 Å². The van der Waals surface area contributed by atoms with Gasteiger partial charge in [-0.2, -0.15) is 0 Å². The standard InChI is InChI=1S/C15H13NO2/c1-10-8-14(17)13-9-12(2-3-15(13)18-10)11-4-6-16-7-5-11/h2-7,9-10H,8H2,1H3. The first-order valence-electron chi connectivity index (χ1n) is 5.98. The summed E-state index contributed by atoms with van der Waals surface area (Å²) in [6.07, 6.45) is 3.91. The lowest BCUT2D eigenvalue weighted by Gasteiger charge is -2.22. The third kappa shape index (κ3) is 1.88. The molecule has 1 atom stereocenters. The molecule has 0 spiro atoms. The van der Waals surface area contributed by atoms with E-state index in [0.29, 0.717) is 17.7 Å². The number of hydrogen-bond donors (Lipinski definition) is 0. The summed E-state index contributed by atoms with van der Waals surface area (Å²) in [7, 11) is 0. The lowest BCUT2D eigenvalue weighted by molar-refractivity contribution is 0.0871. The van der Waals surface area contributed by atoms with Crippen molar-refractivity contribution < 1.29 is 9.53 Å². The number of fused-ring (bicyclic) bond motifs is 1. The van der Waals surface area contributed by atoms with E-state index >= 15 is 0 Å². The predicted octanol–water partition coefficient (Wildman–Crippen LogP) is 3.10. The Morgan fingerprint density at radius 3 is 2.72 bits per heavy atom. The summed E-state index contributed by atoms with van der Waals surface area (Å²) in [5, 5.41) is 0. The minimum Gasteiger partial charge on any atom is -0.489 e. The summed E-state index contributed by atoms with van der Waals surface area (Å²) in [4.78, 5) is 16.0. The number of benzene rings is 1. The molecule has 3 rings (SSSR count). The van der Waals surface area contributed by atoms with E-state index in [9.17, 15) is 4.79 Å². The minimum absolute atomic E-state index is 0.0308. The van der Waals surface area contributed by atoms with Crippen LogP contribution in [0, 0.1) is 0 Å². The molecule has 3 heteroatoms. The Morgan fingerprint density at radius 1 is 1.17 bits per heavy atom. The van der Waals surface area contributed by atoms with Crippen molar-refractivity contribution in [1.29, 1.82) is 0 Å². The topological polar surface area (TPSA) is 39.2 Å². The summed E-state index contributed by atoms with van der Waals surface area (Å²) < 4.78 is 5.66. The van der Waals surface area contributed by atoms with Crippen molar-refractivity contribution in [2.45, 2.75) is 19.4 Å². The average molecular weight is 239 g/mol. The molecule has 0 N–H and O–H groups in total. The van der Waals surface area contributed by atoms with E-state index in [1.807, 2.05) is 37.3 Å². The van der Waals surface area contributed by atoms with Gasteiger partial charge in [0.1, 0.15) is 11.9 Å². The summed E-state index contributed by atoms with van der Waals surface area (Å²) in [6, 6.07) is 9.61. The van der Waals surface area contributed by atoms with Crippen molar-refractivity contribution in [2.24, 2.45) is 0 Å². The van der Waals surface area contributed by atoms with Crippen LogP contribution in [0.1, 0.15) is 23.7 Å². The molecule has 2 heterocycles. The van der Waals surface area contributed by atoms with Gasteiger partial charge >= 0.3 is 0 Å². The third-order valence-corrected chi connectivity index (χ3v) is 3.09. The number of Topliss-reactive ketones (excluding diaryl/α,β-unsaturated/α-hetero) is 1. The maximum atomic E-state index is 12.0. The molecule has 0 aliphatic carbocycles. The molecular formula is C15H13NO2. The highest BCUT2D eigenvalue weighted by Gasteiger charge is 2.23. The van der Waals surface area contributed by atoms with Crippen LogP contribution in [0.4, 0.5) is 0 Å². The monoisotopic (exact) mass is 239 g/mol. The van der Waals surface area contributed by atoms with Crippen LogP contribution in [0.15, 0.2) is 42.7 Å². The second-order valence-electron chi connectivity index (χ2n) is 4.50. The third-order valence-electron chi connectivity index (χ3n) is 3.09. The second-order valence-corrected chi connectivity index (χ2v) is 4.50. The SMILES string of the molecule is CC1CC(=O)c2cc(-c3ccncc3)ccc2O1. The maximum absolute atomic E-state index is 12.0. The minimum atomic E-state index is -0.0308. The number of nitrogens with zero attached hydrogens (tertiary/aromatic N) is 1. The van der Waals surface area contributed by atoms with E-state index in [2.05, 4.69) is 4.98 Å². The predicted molar refractivity (Wildman–Crippen MR) is 68.7 cm³/mol. The van der Waals surface area contributed by atoms with Crippen molar-refractivity contribution >= 4 is 5.78 Å². The molecule has 0 radical (unpaired) electrons. The Kier molecular flexibility index (Phi) is 2.59. The highest BCUT2D eigenvalue weighted by atomic mass is 16.5. The van der Waals surface area contributed by atoms with E-state index in [4.69, 9.17) is 4.74 Å². The molecule has 90 valence electrons. The number of ether oxygens (including phenoxy) is 1. The number of carbonyl (C=O) groups excluding carboxylic acids is 1. The maximum Gasteiger partial charge on any atom is 0.170 e. The molecule has 1 aliphatic heterocycles. The van der Waals surface area contributed by atoms with Gasteiger partial charge in [0.05, 0.1) is 5.56 Å². The van der Waals surface area contributed by atoms with Crippen LogP contribution in [-0.2, 0) is 0 Å². The summed E-state index contributed by atoms with van der Waals surface area (Å²) in [5.74, 6) is 0.844. The second kappa shape index (κ2) is 4.26. The first kappa shape index (κ1) is 11.0. The van der Waals surface area contributed by atoms with Gasteiger partial charge in [-0.3, -0.25) is 9.78 Å². The van der Waals surface area contributed by atoms with Crippen LogP contribution in [0.3, 0.4) is 0 Å². The fraction of sp³-hybridized carbons (Fsp3) is 0.200. The van der Waals surface area contributed by atoms with Gasteiger partial charge < -0.3 is 4.74 Å². The fourth-order valence-corrected chi connectivity index (χ4v) is 2.20. The quantitative estimate of drug-likeness (QED) is 0.767. The van der Waals surface area contributed by atoms with E-state index < -0.39 is 0 Å². The summed E-state index contributed by atoms with van der Waals surface area (Å²) in [5.41, 5.74) is 2.75. The molecule has 1 unspecified atom stereocenters. The Hall–Kier alpha value is -2.16. The summed E-state index contributed by atoms with van der Waals surface area (Å²) >= 11 is 0. The van der Waals surface area contributed by atoms with Gasteiger partial charge in [0.15, 0.2) is 5.78 Å². The molecule has 18 heavy (non-hydrogen) atoms. The number of hydrogen-bond acceptors (Lipinski definition) is 3. The molecule has 0 saturated carbocycles. The molecule has 0 amide bonds. The van der Waals surface area contributed by atoms with E-state index in [0.717, 1.165) is 11.1 Å². The van der Waals surface area contributed by atoms with Crippen molar-refractivity contribution in [2.75, 3.05) is 0 Å². The van der Waals surface area contributed by atoms with Gasteiger partial charge in [-0.25, -0.2) is 0 Å². The Labute approximate surface area is 105 Å². The van der Waals surface area contributed by atoms with E-state index in [1.165, 1.54) is 0 Å². The molecule has 0 fully saturated rings. The van der Waals surface area contributed by atoms with Gasteiger partial charge in [0.25, 0.3) is 0 Å². The number of rotatable bonds is 1. The highest BCUT2D eigenvalue weighted by molar-refractivity contribution is 6.01. The highest BCUT2D eigenvalue weighted by Crippen LogP contribution is 2.31. The number of aromatic nitrogens is 1. The Bertz CT molecular complexity index is 593. The van der Waals surface area contributed by atoms with Gasteiger partial charge in [-0.1, -0.05) is 6.07 Å². The zero-order chi connectivity index (χ0) is 12.5. The van der Waals surface area contributed by atoms with Crippen LogP contribution in [0.5, 0.6) is 5.75 Å². The van der Waals surface area contributed by atoms with Crippen LogP contribution in [-0.4, -0.2) is 16.9 Å². The molecule has 0 saturated heterocycles. The molecular weight excluding hydrogens is 226 g/mol. The van der Waals surface area contributed by atoms with Gasteiger partial charge in [-0.05, 0) is 42.3 Å². The Morgan fingerprint density at radius 2 is 1.94 bits per heavy atom. The zero-order valence-electron chi connectivity index (χ0n) is 10.1. The van der Waals surface area contributed by atoms with Crippen molar-refractivity contribution in [3.05, 3.63) is 48.3 Å². The number of carbonyl (C=O) groups is 1. The molecule has 1 aliphatic rings. The molecule has 1 aromatic carbocycles. The van der Waals surface area contributed by atoms with E-state index in [-0.39, 0.29) is 11.9 Å². The van der Waals surface area contributed by atoms with Crippen LogP contribution in [0.25, 0.3) is 11.1 Å². The molecule has 2 aromatic rings. The van der Waals surface area contributed by atoms with Crippen LogP contribution in [0.2, 0.25) is 0 Å². The smallest absolute Gasteiger partial charge is 0.170 e. The molecule has 1 aromatic heterocycles. The van der Waals surface area contributed by atoms with Crippen LogP contribution >= 0.6 is 0 Å². The summed E-state index contributed by atoms with van der Waals surface area (Å²) in [6.45, 7) is 1.91. The number of ketones is 1. The Balaban J connectivity index is 2.06.